The highest BCUT2D eigenvalue weighted by Crippen LogP contribution is 2.13. The summed E-state index contributed by atoms with van der Waals surface area (Å²) in [7, 11) is -3.27. The lowest BCUT2D eigenvalue weighted by atomic mass is 10.2. The van der Waals surface area contributed by atoms with Crippen molar-refractivity contribution in [2.75, 3.05) is 11.5 Å². The Morgan fingerprint density at radius 1 is 1.35 bits per heavy atom. The molecule has 1 aromatic rings. The predicted octanol–water partition coefficient (Wildman–Crippen LogP) is 2.85. The molecule has 0 saturated heterocycles. The molecule has 94 valence electrons. The monoisotopic (exact) mass is 318 g/mol. The second kappa shape index (κ2) is 6.31. The molecule has 0 unspecified atom stereocenters. The Kier molecular flexibility index (Phi) is 5.33. The van der Waals surface area contributed by atoms with Crippen molar-refractivity contribution in [1.29, 1.82) is 0 Å². The molecular formula is C12H15BrO3S. The topological polar surface area (TPSA) is 51.2 Å². The molecule has 0 N–H and O–H groups in total. The largest absolute Gasteiger partial charge is 0.293 e. The number of benzene rings is 1. The number of hydrogen-bond acceptors (Lipinski definition) is 3. The molecule has 0 atom stereocenters. The molecule has 3 nitrogen and oxygen atoms in total. The van der Waals surface area contributed by atoms with Crippen LogP contribution in [-0.2, 0) is 9.84 Å². The zero-order valence-corrected chi connectivity index (χ0v) is 12.1. The van der Waals surface area contributed by atoms with Gasteiger partial charge in [0.1, 0.15) is 5.75 Å². The summed E-state index contributed by atoms with van der Waals surface area (Å²) in [5, 5.41) is 0. The Bertz CT molecular complexity index is 494. The van der Waals surface area contributed by atoms with E-state index in [9.17, 15) is 13.2 Å². The first-order chi connectivity index (χ1) is 7.94. The van der Waals surface area contributed by atoms with Gasteiger partial charge in [0.2, 0.25) is 0 Å². The van der Waals surface area contributed by atoms with Gasteiger partial charge in [0.15, 0.2) is 15.6 Å². The highest BCUT2D eigenvalue weighted by Gasteiger charge is 2.17. The summed E-state index contributed by atoms with van der Waals surface area (Å²) >= 11 is 3.25. The van der Waals surface area contributed by atoms with E-state index in [1.807, 2.05) is 6.92 Å². The lowest BCUT2D eigenvalue weighted by Gasteiger charge is -2.03. The van der Waals surface area contributed by atoms with E-state index in [2.05, 4.69) is 15.9 Å². The van der Waals surface area contributed by atoms with Crippen LogP contribution in [0.2, 0.25) is 0 Å². The van der Waals surface area contributed by atoms with E-state index in [4.69, 9.17) is 0 Å². The van der Waals surface area contributed by atoms with Crippen molar-refractivity contribution in [3.05, 3.63) is 34.3 Å². The molecular weight excluding hydrogens is 304 g/mol. The molecule has 1 rings (SSSR count). The van der Waals surface area contributed by atoms with E-state index < -0.39 is 15.6 Å². The highest BCUT2D eigenvalue weighted by molar-refractivity contribution is 9.10. The molecule has 0 aromatic heterocycles. The van der Waals surface area contributed by atoms with E-state index in [1.54, 1.807) is 24.3 Å². The summed E-state index contributed by atoms with van der Waals surface area (Å²) in [4.78, 5) is 11.8. The number of carbonyl (C=O) groups is 1. The van der Waals surface area contributed by atoms with Crippen molar-refractivity contribution in [3.8, 4) is 0 Å². The van der Waals surface area contributed by atoms with E-state index in [-0.39, 0.29) is 11.5 Å². The van der Waals surface area contributed by atoms with Gasteiger partial charge in [-0.05, 0) is 18.6 Å². The maximum atomic E-state index is 11.8. The van der Waals surface area contributed by atoms with Crippen LogP contribution in [0.15, 0.2) is 28.7 Å². The standard InChI is InChI=1S/C12H15BrO3S/c1-2-3-7-17(15,16)9-12(14)10-5-4-6-11(13)8-10/h4-6,8H,2-3,7,9H2,1H3. The Morgan fingerprint density at radius 3 is 2.65 bits per heavy atom. The van der Waals surface area contributed by atoms with Gasteiger partial charge in [-0.3, -0.25) is 4.79 Å². The van der Waals surface area contributed by atoms with Crippen LogP contribution in [-0.4, -0.2) is 25.7 Å². The fourth-order valence-corrected chi connectivity index (χ4v) is 3.22. The molecule has 5 heteroatoms. The number of rotatable bonds is 6. The average Bonchev–Trinajstić information content (AvgIpc) is 2.26. The minimum Gasteiger partial charge on any atom is -0.293 e. The van der Waals surface area contributed by atoms with Gasteiger partial charge in [-0.2, -0.15) is 0 Å². The zero-order chi connectivity index (χ0) is 12.9. The molecule has 0 aliphatic rings. The first kappa shape index (κ1) is 14.4. The third kappa shape index (κ3) is 5.00. The third-order valence-corrected chi connectivity index (χ3v) is 4.41. The second-order valence-corrected chi connectivity index (χ2v) is 6.98. The molecule has 0 bridgehead atoms. The molecule has 17 heavy (non-hydrogen) atoms. The van der Waals surface area contributed by atoms with Crippen LogP contribution in [0.4, 0.5) is 0 Å². The number of unbranched alkanes of at least 4 members (excludes halogenated alkanes) is 1. The fraction of sp³-hybridized carbons (Fsp3) is 0.417. The van der Waals surface area contributed by atoms with E-state index in [0.717, 1.165) is 10.9 Å². The number of ketones is 1. The van der Waals surface area contributed by atoms with Gasteiger partial charge in [0.25, 0.3) is 0 Å². The van der Waals surface area contributed by atoms with Crippen molar-refractivity contribution in [2.24, 2.45) is 0 Å². The Hall–Kier alpha value is -0.680. The van der Waals surface area contributed by atoms with Crippen molar-refractivity contribution in [2.45, 2.75) is 19.8 Å². The average molecular weight is 319 g/mol. The number of carbonyl (C=O) groups excluding carboxylic acids is 1. The van der Waals surface area contributed by atoms with Crippen LogP contribution in [0.25, 0.3) is 0 Å². The summed E-state index contributed by atoms with van der Waals surface area (Å²) < 4.78 is 24.0. The Morgan fingerprint density at radius 2 is 2.06 bits per heavy atom. The van der Waals surface area contributed by atoms with Crippen LogP contribution in [0.1, 0.15) is 30.1 Å². The van der Waals surface area contributed by atoms with Gasteiger partial charge in [0, 0.05) is 10.0 Å². The molecule has 0 aliphatic heterocycles. The van der Waals surface area contributed by atoms with Crippen molar-refractivity contribution < 1.29 is 13.2 Å². The fourth-order valence-electron chi connectivity index (χ4n) is 1.38. The first-order valence-electron chi connectivity index (χ1n) is 5.44. The van der Waals surface area contributed by atoms with Gasteiger partial charge in [-0.25, -0.2) is 8.42 Å². The van der Waals surface area contributed by atoms with Crippen LogP contribution in [0.5, 0.6) is 0 Å². The molecule has 0 radical (unpaired) electrons. The maximum absolute atomic E-state index is 11.8. The number of sulfone groups is 1. The van der Waals surface area contributed by atoms with Crippen molar-refractivity contribution in [3.63, 3.8) is 0 Å². The Balaban J connectivity index is 2.73. The van der Waals surface area contributed by atoms with Gasteiger partial charge >= 0.3 is 0 Å². The van der Waals surface area contributed by atoms with Crippen LogP contribution >= 0.6 is 15.9 Å². The third-order valence-electron chi connectivity index (χ3n) is 2.31. The molecule has 0 fully saturated rings. The lowest BCUT2D eigenvalue weighted by Crippen LogP contribution is -2.19. The van der Waals surface area contributed by atoms with Gasteiger partial charge in [-0.1, -0.05) is 41.4 Å². The SMILES string of the molecule is CCCCS(=O)(=O)CC(=O)c1cccc(Br)c1. The smallest absolute Gasteiger partial charge is 0.177 e. The molecule has 0 aliphatic carbocycles. The maximum Gasteiger partial charge on any atom is 0.177 e. The predicted molar refractivity (Wildman–Crippen MR) is 72.0 cm³/mol. The molecule has 1 aromatic carbocycles. The summed E-state index contributed by atoms with van der Waals surface area (Å²) in [6.45, 7) is 1.92. The first-order valence-corrected chi connectivity index (χ1v) is 8.05. The molecule has 0 heterocycles. The number of hydrogen-bond donors (Lipinski definition) is 0. The van der Waals surface area contributed by atoms with Gasteiger partial charge < -0.3 is 0 Å². The van der Waals surface area contributed by atoms with Gasteiger partial charge in [0.05, 0.1) is 5.75 Å². The van der Waals surface area contributed by atoms with E-state index in [0.29, 0.717) is 12.0 Å². The summed E-state index contributed by atoms with van der Waals surface area (Å²) in [5.41, 5.74) is 0.430. The summed E-state index contributed by atoms with van der Waals surface area (Å²) in [6.07, 6.45) is 1.42. The quantitative estimate of drug-likeness (QED) is 0.758. The lowest BCUT2D eigenvalue weighted by molar-refractivity contribution is 0.102. The Labute approximate surface area is 110 Å². The van der Waals surface area contributed by atoms with Crippen molar-refractivity contribution in [1.82, 2.24) is 0 Å². The summed E-state index contributed by atoms with van der Waals surface area (Å²) in [6, 6.07) is 6.78. The summed E-state index contributed by atoms with van der Waals surface area (Å²) in [5.74, 6) is -0.658. The molecule has 0 spiro atoms. The van der Waals surface area contributed by atoms with Crippen LogP contribution in [0, 0.1) is 0 Å². The van der Waals surface area contributed by atoms with Gasteiger partial charge in [-0.15, -0.1) is 0 Å². The van der Waals surface area contributed by atoms with Crippen molar-refractivity contribution >= 4 is 31.6 Å². The number of Topliss-reactive ketones (excluding diaryl/α,β-unsaturated/α-hetero) is 1. The van der Waals surface area contributed by atoms with Crippen LogP contribution in [0.3, 0.4) is 0 Å². The zero-order valence-electron chi connectivity index (χ0n) is 9.65. The minimum absolute atomic E-state index is 0.0866. The highest BCUT2D eigenvalue weighted by atomic mass is 79.9. The number of halogens is 1. The molecule has 0 amide bonds. The van der Waals surface area contributed by atoms with Crippen LogP contribution < -0.4 is 0 Å². The second-order valence-electron chi connectivity index (χ2n) is 3.88. The van der Waals surface area contributed by atoms with E-state index in [1.165, 1.54) is 0 Å². The molecule has 0 saturated carbocycles. The normalized spacial score (nSPS) is 11.4. The van der Waals surface area contributed by atoms with E-state index >= 15 is 0 Å². The minimum atomic E-state index is -3.27.